The Kier molecular flexibility index (Phi) is 26.7. The van der Waals surface area contributed by atoms with Crippen LogP contribution in [0.3, 0.4) is 0 Å². The van der Waals surface area contributed by atoms with E-state index in [0.29, 0.717) is 0 Å². The molecule has 1 unspecified atom stereocenters. The van der Waals surface area contributed by atoms with Crippen LogP contribution in [0, 0.1) is 5.92 Å². The molecule has 0 aliphatic carbocycles. The topological polar surface area (TPSA) is 66.5 Å². The van der Waals surface area contributed by atoms with Gasteiger partial charge in [0, 0.05) is 19.3 Å². The lowest BCUT2D eigenvalue weighted by Gasteiger charge is -2.22. The average Bonchev–Trinajstić information content (AvgIpc) is 2.64. The number of nitrogens with two attached hydrogens (primary N) is 1. The second-order valence-electron chi connectivity index (χ2n) is 8.19. The number of hydrogen-bond acceptors (Lipinski definition) is 3. The Morgan fingerprint density at radius 2 is 0.889 bits per heavy atom. The number of aliphatic hydroxyl groups is 2. The fourth-order valence-corrected chi connectivity index (χ4v) is 3.89. The van der Waals surface area contributed by atoms with Gasteiger partial charge in [0.2, 0.25) is 0 Å². The van der Waals surface area contributed by atoms with E-state index in [2.05, 4.69) is 6.92 Å². The smallest absolute Gasteiger partial charge is 0.0434 e. The second-order valence-corrected chi connectivity index (χ2v) is 8.19. The van der Waals surface area contributed by atoms with Gasteiger partial charge in [-0.1, -0.05) is 103 Å². The highest BCUT2D eigenvalue weighted by Crippen LogP contribution is 2.18. The van der Waals surface area contributed by atoms with Crippen LogP contribution in [0.15, 0.2) is 0 Å². The Morgan fingerprint density at radius 1 is 0.556 bits per heavy atom. The molecule has 3 nitrogen and oxygen atoms in total. The van der Waals surface area contributed by atoms with E-state index in [1.54, 1.807) is 0 Å². The summed E-state index contributed by atoms with van der Waals surface area (Å²) < 4.78 is 0. The molecule has 27 heavy (non-hydrogen) atoms. The summed E-state index contributed by atoms with van der Waals surface area (Å²) in [7, 11) is 0. The summed E-state index contributed by atoms with van der Waals surface area (Å²) in [5, 5.41) is 18.2. The maximum absolute atomic E-state index is 9.08. The number of rotatable bonds is 21. The van der Waals surface area contributed by atoms with Gasteiger partial charge in [-0.05, 0) is 25.2 Å². The van der Waals surface area contributed by atoms with Gasteiger partial charge in [0.25, 0.3) is 0 Å². The first-order valence-corrected chi connectivity index (χ1v) is 11.7. The van der Waals surface area contributed by atoms with Gasteiger partial charge in [-0.2, -0.15) is 0 Å². The predicted octanol–water partition coefficient (Wildman–Crippen LogP) is 6.53. The molecule has 0 saturated heterocycles. The van der Waals surface area contributed by atoms with Crippen molar-refractivity contribution >= 4 is 17.0 Å². The second kappa shape index (κ2) is 24.4. The monoisotopic (exact) mass is 451 g/mol. The molecule has 0 aliphatic rings. The largest absolute Gasteiger partial charge is 0.396 e. The summed E-state index contributed by atoms with van der Waals surface area (Å²) >= 11 is 0. The van der Waals surface area contributed by atoms with E-state index in [0.717, 1.165) is 19.3 Å². The SMILES string of the molecule is Br.CCCCCCCCCCCCCCCCCC(N)C(CCO)CCO. The average molecular weight is 453 g/mol. The molecular formula is C23H50BrNO2. The summed E-state index contributed by atoms with van der Waals surface area (Å²) in [5.74, 6) is 0.275. The number of hydrogen-bond donors (Lipinski definition) is 3. The highest BCUT2D eigenvalue weighted by molar-refractivity contribution is 8.93. The molecule has 0 aromatic heterocycles. The van der Waals surface area contributed by atoms with Crippen molar-refractivity contribution in [3.63, 3.8) is 0 Å². The standard InChI is InChI=1S/C23H49NO2.BrH/c1-2-3-4-5-6-7-8-9-10-11-12-13-14-15-16-17-23(24)22(18-20-25)19-21-26;/h22-23,25-26H,2-21,24H2,1H3;1H. The molecule has 0 rings (SSSR count). The minimum Gasteiger partial charge on any atom is -0.396 e. The third-order valence-corrected chi connectivity index (χ3v) is 5.75. The summed E-state index contributed by atoms with van der Waals surface area (Å²) in [6, 6.07) is 0.135. The number of unbranched alkanes of at least 4 members (excludes halogenated alkanes) is 14. The van der Waals surface area contributed by atoms with Crippen LogP contribution in [-0.4, -0.2) is 29.5 Å². The third-order valence-electron chi connectivity index (χ3n) is 5.75. The van der Waals surface area contributed by atoms with Crippen molar-refractivity contribution in [2.45, 2.75) is 129 Å². The molecule has 0 fully saturated rings. The van der Waals surface area contributed by atoms with Crippen LogP contribution in [0.2, 0.25) is 0 Å². The molecule has 4 N–H and O–H groups in total. The molecule has 0 aliphatic heterocycles. The first-order valence-electron chi connectivity index (χ1n) is 11.7. The van der Waals surface area contributed by atoms with Gasteiger partial charge < -0.3 is 15.9 Å². The molecule has 0 heterocycles. The van der Waals surface area contributed by atoms with E-state index in [1.807, 2.05) is 0 Å². The van der Waals surface area contributed by atoms with Crippen molar-refractivity contribution < 1.29 is 10.2 Å². The molecule has 0 amide bonds. The maximum Gasteiger partial charge on any atom is 0.0434 e. The van der Waals surface area contributed by atoms with Crippen LogP contribution in [0.25, 0.3) is 0 Å². The summed E-state index contributed by atoms with van der Waals surface area (Å²) in [4.78, 5) is 0. The number of aliphatic hydroxyl groups excluding tert-OH is 2. The zero-order chi connectivity index (χ0) is 19.3. The molecule has 0 spiro atoms. The van der Waals surface area contributed by atoms with E-state index < -0.39 is 0 Å². The maximum atomic E-state index is 9.08. The Balaban J connectivity index is 0. The lowest BCUT2D eigenvalue weighted by molar-refractivity contribution is 0.195. The van der Waals surface area contributed by atoms with Gasteiger partial charge in [0.05, 0.1) is 0 Å². The molecule has 0 aromatic carbocycles. The van der Waals surface area contributed by atoms with Crippen LogP contribution in [0.4, 0.5) is 0 Å². The van der Waals surface area contributed by atoms with Crippen LogP contribution in [0.1, 0.15) is 122 Å². The normalized spacial score (nSPS) is 12.3. The number of halogens is 1. The first-order chi connectivity index (χ1) is 12.8. The minimum atomic E-state index is 0. The fourth-order valence-electron chi connectivity index (χ4n) is 3.89. The lowest BCUT2D eigenvalue weighted by Crippen LogP contribution is -2.31. The quantitative estimate of drug-likeness (QED) is 0.173. The van der Waals surface area contributed by atoms with E-state index in [-0.39, 0.29) is 42.2 Å². The van der Waals surface area contributed by atoms with Crippen molar-refractivity contribution in [2.75, 3.05) is 13.2 Å². The van der Waals surface area contributed by atoms with Gasteiger partial charge in [-0.15, -0.1) is 17.0 Å². The zero-order valence-electron chi connectivity index (χ0n) is 18.2. The van der Waals surface area contributed by atoms with E-state index >= 15 is 0 Å². The molecular weight excluding hydrogens is 402 g/mol. The summed E-state index contributed by atoms with van der Waals surface area (Å²) in [6.07, 6.45) is 23.2. The van der Waals surface area contributed by atoms with E-state index in [1.165, 1.54) is 96.3 Å². The van der Waals surface area contributed by atoms with Gasteiger partial charge in [0.1, 0.15) is 0 Å². The third kappa shape index (κ3) is 20.9. The van der Waals surface area contributed by atoms with Crippen LogP contribution in [0.5, 0.6) is 0 Å². The van der Waals surface area contributed by atoms with E-state index in [4.69, 9.17) is 15.9 Å². The minimum absolute atomic E-state index is 0. The Hall–Kier alpha value is 0.360. The van der Waals surface area contributed by atoms with Crippen molar-refractivity contribution in [1.82, 2.24) is 0 Å². The highest BCUT2D eigenvalue weighted by atomic mass is 79.9. The van der Waals surface area contributed by atoms with Crippen LogP contribution < -0.4 is 5.73 Å². The molecule has 0 aromatic rings. The lowest BCUT2D eigenvalue weighted by atomic mass is 9.90. The van der Waals surface area contributed by atoms with Crippen molar-refractivity contribution in [3.05, 3.63) is 0 Å². The summed E-state index contributed by atoms with van der Waals surface area (Å²) in [6.45, 7) is 2.64. The molecule has 1 atom stereocenters. The first kappa shape index (κ1) is 29.6. The van der Waals surface area contributed by atoms with Crippen molar-refractivity contribution in [2.24, 2.45) is 11.7 Å². The van der Waals surface area contributed by atoms with Gasteiger partial charge in [0.15, 0.2) is 0 Å². The Morgan fingerprint density at radius 3 is 1.22 bits per heavy atom. The molecule has 0 radical (unpaired) electrons. The zero-order valence-corrected chi connectivity index (χ0v) is 19.9. The van der Waals surface area contributed by atoms with Gasteiger partial charge in [-0.25, -0.2) is 0 Å². The molecule has 4 heteroatoms. The van der Waals surface area contributed by atoms with Gasteiger partial charge in [-0.3, -0.25) is 0 Å². The fraction of sp³-hybridized carbons (Fsp3) is 1.00. The van der Waals surface area contributed by atoms with E-state index in [9.17, 15) is 0 Å². The molecule has 0 saturated carbocycles. The van der Waals surface area contributed by atoms with Crippen LogP contribution >= 0.6 is 17.0 Å². The predicted molar refractivity (Wildman–Crippen MR) is 125 cm³/mol. The Bertz CT molecular complexity index is 261. The van der Waals surface area contributed by atoms with Gasteiger partial charge >= 0.3 is 0 Å². The summed E-state index contributed by atoms with van der Waals surface area (Å²) in [5.41, 5.74) is 6.22. The Labute approximate surface area is 180 Å². The van der Waals surface area contributed by atoms with Crippen molar-refractivity contribution in [3.8, 4) is 0 Å². The molecule has 166 valence electrons. The highest BCUT2D eigenvalue weighted by Gasteiger charge is 2.16. The van der Waals surface area contributed by atoms with Crippen molar-refractivity contribution in [1.29, 1.82) is 0 Å². The molecule has 0 bridgehead atoms. The van der Waals surface area contributed by atoms with Crippen LogP contribution in [-0.2, 0) is 0 Å².